The molecule has 0 aliphatic heterocycles. The molecule has 0 bridgehead atoms. The highest BCUT2D eigenvalue weighted by atomic mass is 32.1. The fourth-order valence-corrected chi connectivity index (χ4v) is 3.69. The summed E-state index contributed by atoms with van der Waals surface area (Å²) in [7, 11) is 0. The first-order valence-electron chi connectivity index (χ1n) is 6.49. The molecule has 0 saturated heterocycles. The number of rotatable bonds is 5. The molecule has 1 N–H and O–H groups in total. The zero-order valence-electron chi connectivity index (χ0n) is 11.4. The number of thiazole rings is 1. The molecule has 3 aromatic rings. The molecule has 3 heterocycles. The second-order valence-corrected chi connectivity index (χ2v) is 6.41. The first kappa shape index (κ1) is 14.0. The lowest BCUT2D eigenvalue weighted by Crippen LogP contribution is -2.26. The molecule has 0 atom stereocenters. The molecule has 7 heteroatoms. The molecule has 0 spiro atoms. The molecule has 21 heavy (non-hydrogen) atoms. The van der Waals surface area contributed by atoms with Crippen molar-refractivity contribution >= 4 is 28.6 Å². The van der Waals surface area contributed by atoms with E-state index < -0.39 is 0 Å². The van der Waals surface area contributed by atoms with Gasteiger partial charge in [-0.2, -0.15) is 0 Å². The van der Waals surface area contributed by atoms with Gasteiger partial charge < -0.3 is 9.88 Å². The van der Waals surface area contributed by atoms with Crippen molar-refractivity contribution in [2.45, 2.75) is 13.5 Å². The van der Waals surface area contributed by atoms with Gasteiger partial charge in [0.25, 0.3) is 5.91 Å². The molecule has 1 amide bonds. The van der Waals surface area contributed by atoms with Crippen LogP contribution < -0.4 is 5.32 Å². The molecule has 0 aromatic carbocycles. The second kappa shape index (κ2) is 6.19. The van der Waals surface area contributed by atoms with Gasteiger partial charge in [-0.3, -0.25) is 4.79 Å². The number of thiophene rings is 1. The number of hydrogen-bond acceptors (Lipinski definition) is 5. The first-order chi connectivity index (χ1) is 10.2. The number of imidazole rings is 1. The van der Waals surface area contributed by atoms with Crippen molar-refractivity contribution < 1.29 is 4.79 Å². The smallest absolute Gasteiger partial charge is 0.263 e. The van der Waals surface area contributed by atoms with Crippen molar-refractivity contribution in [3.05, 3.63) is 46.8 Å². The van der Waals surface area contributed by atoms with E-state index in [4.69, 9.17) is 0 Å². The Morgan fingerprint density at radius 1 is 1.48 bits per heavy atom. The Balaban J connectivity index is 1.64. The molecule has 0 fully saturated rings. The fourth-order valence-electron chi connectivity index (χ4n) is 1.91. The van der Waals surface area contributed by atoms with Gasteiger partial charge in [-0.1, -0.05) is 6.07 Å². The topological polar surface area (TPSA) is 59.8 Å². The van der Waals surface area contributed by atoms with Gasteiger partial charge in [0, 0.05) is 25.5 Å². The molecule has 0 unspecified atom stereocenters. The molecule has 5 nitrogen and oxygen atoms in total. The molecule has 0 radical (unpaired) electrons. The molecule has 0 aliphatic carbocycles. The van der Waals surface area contributed by atoms with Crippen LogP contribution in [0.5, 0.6) is 0 Å². The van der Waals surface area contributed by atoms with E-state index in [1.54, 1.807) is 23.9 Å². The standard InChI is InChI=1S/C14H14N4OS2/c1-10-12(21-14(17-10)11-3-2-8-20-11)13(19)16-5-7-18-6-4-15-9-18/h2-4,6,8-9H,5,7H2,1H3,(H,16,19). The first-order valence-corrected chi connectivity index (χ1v) is 8.19. The summed E-state index contributed by atoms with van der Waals surface area (Å²) in [4.78, 5) is 22.4. The lowest BCUT2D eigenvalue weighted by molar-refractivity contribution is 0.0955. The number of aromatic nitrogens is 3. The van der Waals surface area contributed by atoms with E-state index in [-0.39, 0.29) is 5.91 Å². The molecule has 3 aromatic heterocycles. The SMILES string of the molecule is Cc1nc(-c2cccs2)sc1C(=O)NCCn1ccnc1. The van der Waals surface area contributed by atoms with Crippen molar-refractivity contribution in [2.75, 3.05) is 6.54 Å². The van der Waals surface area contributed by atoms with Crippen molar-refractivity contribution in [3.63, 3.8) is 0 Å². The molecule has 0 saturated carbocycles. The van der Waals surface area contributed by atoms with Crippen LogP contribution in [0.2, 0.25) is 0 Å². The quantitative estimate of drug-likeness (QED) is 0.787. The number of carbonyl (C=O) groups excluding carboxylic acids is 1. The van der Waals surface area contributed by atoms with Crippen LogP contribution in [0.15, 0.2) is 36.2 Å². The van der Waals surface area contributed by atoms with E-state index in [0.717, 1.165) is 15.6 Å². The average Bonchev–Trinajstić information content (AvgIpc) is 3.19. The Morgan fingerprint density at radius 3 is 3.10 bits per heavy atom. The Morgan fingerprint density at radius 2 is 2.38 bits per heavy atom. The third kappa shape index (κ3) is 3.20. The van der Waals surface area contributed by atoms with Crippen molar-refractivity contribution in [1.29, 1.82) is 0 Å². The average molecular weight is 318 g/mol. The van der Waals surface area contributed by atoms with Crippen LogP contribution in [0.4, 0.5) is 0 Å². The molecule has 0 aliphatic rings. The molecule has 3 rings (SSSR count). The van der Waals surface area contributed by atoms with Crippen molar-refractivity contribution in [3.8, 4) is 9.88 Å². The van der Waals surface area contributed by atoms with Gasteiger partial charge in [0.1, 0.15) is 9.88 Å². The molecule has 108 valence electrons. The van der Waals surface area contributed by atoms with Crippen LogP contribution in [0, 0.1) is 6.92 Å². The van der Waals surface area contributed by atoms with Crippen LogP contribution in [-0.4, -0.2) is 27.0 Å². The van der Waals surface area contributed by atoms with Gasteiger partial charge in [-0.05, 0) is 18.4 Å². The van der Waals surface area contributed by atoms with Gasteiger partial charge in [0.2, 0.25) is 0 Å². The normalized spacial score (nSPS) is 10.7. The summed E-state index contributed by atoms with van der Waals surface area (Å²) in [5, 5.41) is 5.84. The van der Waals surface area contributed by atoms with E-state index >= 15 is 0 Å². The summed E-state index contributed by atoms with van der Waals surface area (Å²) in [5.74, 6) is -0.0621. The van der Waals surface area contributed by atoms with Crippen LogP contribution in [0.25, 0.3) is 9.88 Å². The predicted molar refractivity (Wildman–Crippen MR) is 84.7 cm³/mol. The Bertz CT molecular complexity index is 716. The van der Waals surface area contributed by atoms with Gasteiger partial charge in [-0.15, -0.1) is 22.7 Å². The van der Waals surface area contributed by atoms with Crippen LogP contribution in [0.3, 0.4) is 0 Å². The predicted octanol–water partition coefficient (Wildman–Crippen LogP) is 2.81. The highest BCUT2D eigenvalue weighted by Gasteiger charge is 2.16. The third-order valence-corrected chi connectivity index (χ3v) is 5.14. The zero-order chi connectivity index (χ0) is 14.7. The summed E-state index contributed by atoms with van der Waals surface area (Å²) >= 11 is 3.07. The maximum atomic E-state index is 12.2. The molecular weight excluding hydrogens is 304 g/mol. The monoisotopic (exact) mass is 318 g/mol. The van der Waals surface area contributed by atoms with Gasteiger partial charge in [0.15, 0.2) is 0 Å². The van der Waals surface area contributed by atoms with E-state index in [1.807, 2.05) is 35.2 Å². The minimum absolute atomic E-state index is 0.0621. The van der Waals surface area contributed by atoms with E-state index in [0.29, 0.717) is 18.0 Å². The summed E-state index contributed by atoms with van der Waals surface area (Å²) in [6, 6.07) is 4.01. The van der Waals surface area contributed by atoms with Gasteiger partial charge in [-0.25, -0.2) is 9.97 Å². The second-order valence-electron chi connectivity index (χ2n) is 4.47. The van der Waals surface area contributed by atoms with Gasteiger partial charge in [0.05, 0.1) is 16.9 Å². The number of aryl methyl sites for hydroxylation is 1. The van der Waals surface area contributed by atoms with E-state index in [2.05, 4.69) is 15.3 Å². The van der Waals surface area contributed by atoms with Crippen LogP contribution in [0.1, 0.15) is 15.4 Å². The highest BCUT2D eigenvalue weighted by molar-refractivity contribution is 7.22. The Hall–Kier alpha value is -1.99. The largest absolute Gasteiger partial charge is 0.349 e. The minimum atomic E-state index is -0.0621. The summed E-state index contributed by atoms with van der Waals surface area (Å²) in [5.41, 5.74) is 0.781. The van der Waals surface area contributed by atoms with Crippen molar-refractivity contribution in [2.24, 2.45) is 0 Å². The van der Waals surface area contributed by atoms with E-state index in [9.17, 15) is 4.79 Å². The fraction of sp³-hybridized carbons (Fsp3) is 0.214. The Labute approximate surface area is 130 Å². The van der Waals surface area contributed by atoms with E-state index in [1.165, 1.54) is 11.3 Å². The third-order valence-electron chi connectivity index (χ3n) is 2.95. The number of nitrogens with one attached hydrogen (secondary N) is 1. The van der Waals surface area contributed by atoms with Crippen LogP contribution in [-0.2, 0) is 6.54 Å². The van der Waals surface area contributed by atoms with Crippen LogP contribution >= 0.6 is 22.7 Å². The summed E-state index contributed by atoms with van der Waals surface area (Å²) in [6.45, 7) is 3.15. The number of carbonyl (C=O) groups is 1. The van der Waals surface area contributed by atoms with Gasteiger partial charge >= 0.3 is 0 Å². The number of amides is 1. The lowest BCUT2D eigenvalue weighted by Gasteiger charge is -2.04. The minimum Gasteiger partial charge on any atom is -0.349 e. The number of hydrogen-bond donors (Lipinski definition) is 1. The zero-order valence-corrected chi connectivity index (χ0v) is 13.1. The lowest BCUT2D eigenvalue weighted by atomic mass is 10.3. The highest BCUT2D eigenvalue weighted by Crippen LogP contribution is 2.30. The van der Waals surface area contributed by atoms with Crippen molar-refractivity contribution in [1.82, 2.24) is 19.9 Å². The maximum absolute atomic E-state index is 12.2. The summed E-state index contributed by atoms with van der Waals surface area (Å²) < 4.78 is 1.93. The number of nitrogens with zero attached hydrogens (tertiary/aromatic N) is 3. The maximum Gasteiger partial charge on any atom is 0.263 e. The Kier molecular flexibility index (Phi) is 4.12. The molecular formula is C14H14N4OS2. The summed E-state index contributed by atoms with van der Waals surface area (Å²) in [6.07, 6.45) is 5.33.